The molecular weight excluding hydrogens is 548 g/mol. The van der Waals surface area contributed by atoms with E-state index in [0.29, 0.717) is 33.9 Å². The first kappa shape index (κ1) is 26.5. The van der Waals surface area contributed by atoms with Crippen LogP contribution in [0.4, 0.5) is 8.78 Å². The van der Waals surface area contributed by atoms with Crippen molar-refractivity contribution in [1.82, 2.24) is 15.3 Å². The van der Waals surface area contributed by atoms with E-state index in [2.05, 4.69) is 15.3 Å². The van der Waals surface area contributed by atoms with Crippen molar-refractivity contribution in [2.45, 2.75) is 12.1 Å². The van der Waals surface area contributed by atoms with Crippen LogP contribution in [-0.2, 0) is 5.92 Å². The second-order valence-corrected chi connectivity index (χ2v) is 10.1. The van der Waals surface area contributed by atoms with Crippen molar-refractivity contribution in [3.8, 4) is 34.3 Å². The zero-order chi connectivity index (χ0) is 29.6. The number of fused-ring (bicyclic) bond motifs is 3. The van der Waals surface area contributed by atoms with Gasteiger partial charge in [0.15, 0.2) is 11.7 Å². The van der Waals surface area contributed by atoms with Crippen LogP contribution < -0.4 is 14.8 Å². The predicted octanol–water partition coefficient (Wildman–Crippen LogP) is 6.78. The quantitative estimate of drug-likeness (QED) is 0.242. The first-order valence-electron chi connectivity index (χ1n) is 13.6. The van der Waals surface area contributed by atoms with Gasteiger partial charge in [0, 0.05) is 27.8 Å². The molecule has 0 saturated heterocycles. The summed E-state index contributed by atoms with van der Waals surface area (Å²) in [7, 11) is 2.94. The molecule has 0 radical (unpaired) electrons. The number of hydrogen-bond donors (Lipinski definition) is 1. The zero-order valence-corrected chi connectivity index (χ0v) is 23.3. The molecule has 4 aromatic carbocycles. The van der Waals surface area contributed by atoms with Gasteiger partial charge in [-0.15, -0.1) is 0 Å². The molecule has 1 aliphatic carbocycles. The Morgan fingerprint density at radius 1 is 0.674 bits per heavy atom. The molecule has 0 amide bonds. The van der Waals surface area contributed by atoms with Crippen molar-refractivity contribution in [1.29, 1.82) is 0 Å². The molecule has 0 spiro atoms. The van der Waals surface area contributed by atoms with E-state index in [1.807, 2.05) is 66.7 Å². The van der Waals surface area contributed by atoms with Gasteiger partial charge in [-0.25, -0.2) is 9.98 Å². The standard InChI is InChI=1S/C34H25F2N5O2/c1-42-28-19-29(43-2)38-32(37-28)22-13-15-24-25-16-14-23(18-27(25)34(35,36)26(24)17-22)33-40-30(20-9-5-3-6-10-20)39-31(41-33)21-11-7-4-8-12-21/h3-19,30H,1-2H3,(H,39,40,41). The molecule has 2 aliphatic rings. The average Bonchev–Trinajstić information content (AvgIpc) is 3.30. The van der Waals surface area contributed by atoms with Crippen molar-refractivity contribution in [3.63, 3.8) is 0 Å². The molecule has 7 nitrogen and oxygen atoms in total. The third-order valence-electron chi connectivity index (χ3n) is 7.52. The second-order valence-electron chi connectivity index (χ2n) is 10.1. The molecule has 1 aromatic heterocycles. The number of methoxy groups -OCH3 is 2. The minimum absolute atomic E-state index is 0.0918. The van der Waals surface area contributed by atoms with Crippen LogP contribution in [0, 0.1) is 0 Å². The maximum Gasteiger partial charge on any atom is 0.299 e. The summed E-state index contributed by atoms with van der Waals surface area (Å²) in [6, 6.07) is 30.8. The third kappa shape index (κ3) is 4.68. The van der Waals surface area contributed by atoms with Crippen molar-refractivity contribution in [3.05, 3.63) is 131 Å². The summed E-state index contributed by atoms with van der Waals surface area (Å²) in [5.74, 6) is -1.49. The Balaban J connectivity index is 1.28. The van der Waals surface area contributed by atoms with Gasteiger partial charge in [0.1, 0.15) is 12.0 Å². The number of nitrogens with zero attached hydrogens (tertiary/aromatic N) is 4. The van der Waals surface area contributed by atoms with Crippen LogP contribution in [-0.4, -0.2) is 35.9 Å². The van der Waals surface area contributed by atoms with E-state index in [9.17, 15) is 0 Å². The SMILES string of the molecule is COc1cc(OC)nc(-c2ccc3c(c2)C(F)(F)c2cc(C4=NC(c5ccccc5)=NC(c5ccccc5)N4)ccc2-3)n1. The van der Waals surface area contributed by atoms with E-state index in [1.165, 1.54) is 32.4 Å². The molecule has 1 atom stereocenters. The summed E-state index contributed by atoms with van der Waals surface area (Å²) in [6.07, 6.45) is -0.433. The number of aliphatic imine (C=N–C) groups is 2. The molecule has 1 unspecified atom stereocenters. The van der Waals surface area contributed by atoms with Crippen molar-refractivity contribution in [2.75, 3.05) is 14.2 Å². The highest BCUT2D eigenvalue weighted by atomic mass is 19.3. The van der Waals surface area contributed by atoms with Gasteiger partial charge < -0.3 is 14.8 Å². The van der Waals surface area contributed by atoms with Gasteiger partial charge >= 0.3 is 0 Å². The van der Waals surface area contributed by atoms with Gasteiger partial charge in [0.2, 0.25) is 11.8 Å². The summed E-state index contributed by atoms with van der Waals surface area (Å²) < 4.78 is 42.8. The molecule has 9 heteroatoms. The van der Waals surface area contributed by atoms with E-state index in [1.54, 1.807) is 18.2 Å². The molecule has 212 valence electrons. The smallest absolute Gasteiger partial charge is 0.299 e. The van der Waals surface area contributed by atoms with Crippen molar-refractivity contribution in [2.24, 2.45) is 9.98 Å². The zero-order valence-electron chi connectivity index (χ0n) is 23.3. The largest absolute Gasteiger partial charge is 0.481 e. The summed E-state index contributed by atoms with van der Waals surface area (Å²) in [6.45, 7) is 0. The van der Waals surface area contributed by atoms with Crippen LogP contribution in [0.3, 0.4) is 0 Å². The minimum atomic E-state index is -3.26. The molecule has 43 heavy (non-hydrogen) atoms. The minimum Gasteiger partial charge on any atom is -0.481 e. The van der Waals surface area contributed by atoms with E-state index in [-0.39, 0.29) is 28.7 Å². The van der Waals surface area contributed by atoms with Crippen LogP contribution in [0.1, 0.15) is 34.0 Å². The number of halogens is 2. The van der Waals surface area contributed by atoms with Crippen LogP contribution in [0.25, 0.3) is 22.5 Å². The number of nitrogens with one attached hydrogen (secondary N) is 1. The molecule has 1 aliphatic heterocycles. The fraction of sp³-hybridized carbons (Fsp3) is 0.118. The summed E-state index contributed by atoms with van der Waals surface area (Å²) in [5.41, 5.74) is 3.45. The lowest BCUT2D eigenvalue weighted by atomic mass is 10.0. The highest BCUT2D eigenvalue weighted by Gasteiger charge is 2.45. The Hall–Kier alpha value is -5.44. The highest BCUT2D eigenvalue weighted by molar-refractivity contribution is 6.13. The van der Waals surface area contributed by atoms with E-state index >= 15 is 8.78 Å². The maximum absolute atomic E-state index is 16.2. The predicted molar refractivity (Wildman–Crippen MR) is 161 cm³/mol. The normalized spacial score (nSPS) is 16.3. The van der Waals surface area contributed by atoms with E-state index < -0.39 is 12.1 Å². The number of aromatic nitrogens is 2. The number of hydrogen-bond acceptors (Lipinski definition) is 7. The fourth-order valence-corrected chi connectivity index (χ4v) is 5.37. The highest BCUT2D eigenvalue weighted by Crippen LogP contribution is 2.52. The van der Waals surface area contributed by atoms with Crippen LogP contribution in [0.5, 0.6) is 11.8 Å². The number of alkyl halides is 2. The van der Waals surface area contributed by atoms with Gasteiger partial charge in [-0.2, -0.15) is 18.7 Å². The number of rotatable bonds is 6. The van der Waals surface area contributed by atoms with Crippen molar-refractivity contribution < 1.29 is 18.3 Å². The maximum atomic E-state index is 16.2. The van der Waals surface area contributed by atoms with E-state index in [4.69, 9.17) is 19.5 Å². The fourth-order valence-electron chi connectivity index (χ4n) is 5.37. The van der Waals surface area contributed by atoms with Crippen LogP contribution in [0.2, 0.25) is 0 Å². The topological polar surface area (TPSA) is 81.0 Å². The Bertz CT molecular complexity index is 1890. The van der Waals surface area contributed by atoms with Gasteiger partial charge in [-0.1, -0.05) is 84.9 Å². The lowest BCUT2D eigenvalue weighted by molar-refractivity contribution is 0.0480. The monoisotopic (exact) mass is 573 g/mol. The van der Waals surface area contributed by atoms with Crippen molar-refractivity contribution >= 4 is 11.7 Å². The third-order valence-corrected chi connectivity index (χ3v) is 7.52. The Labute approximate surface area is 246 Å². The Kier molecular flexibility index (Phi) is 6.42. The van der Waals surface area contributed by atoms with Crippen LogP contribution in [0.15, 0.2) is 113 Å². The number of ether oxygens (including phenoxy) is 2. The molecule has 0 bridgehead atoms. The molecule has 5 aromatic rings. The number of benzene rings is 4. The molecule has 0 saturated carbocycles. The van der Waals surface area contributed by atoms with Gasteiger partial charge in [0.25, 0.3) is 5.92 Å². The summed E-state index contributed by atoms with van der Waals surface area (Å²) >= 11 is 0. The van der Waals surface area contributed by atoms with Gasteiger partial charge in [-0.05, 0) is 28.8 Å². The van der Waals surface area contributed by atoms with Gasteiger partial charge in [-0.3, -0.25) is 0 Å². The first-order valence-corrected chi connectivity index (χ1v) is 13.6. The molecule has 7 rings (SSSR count). The molecule has 0 fully saturated rings. The molecule has 1 N–H and O–H groups in total. The van der Waals surface area contributed by atoms with E-state index in [0.717, 1.165) is 11.1 Å². The van der Waals surface area contributed by atoms with Gasteiger partial charge in [0.05, 0.1) is 20.3 Å². The lowest BCUT2D eigenvalue weighted by Gasteiger charge is -2.24. The first-order chi connectivity index (χ1) is 20.9. The Morgan fingerprint density at radius 3 is 1.88 bits per heavy atom. The number of amidine groups is 2. The molecule has 2 heterocycles. The summed E-state index contributed by atoms with van der Waals surface area (Å²) in [4.78, 5) is 18.3. The second kappa shape index (κ2) is 10.4. The summed E-state index contributed by atoms with van der Waals surface area (Å²) in [5, 5.41) is 3.36. The van der Waals surface area contributed by atoms with Crippen LogP contribution >= 0.6 is 0 Å². The average molecular weight is 574 g/mol. The molecular formula is C34H25F2N5O2. The lowest BCUT2D eigenvalue weighted by Crippen LogP contribution is -2.33. The Morgan fingerprint density at radius 2 is 1.26 bits per heavy atom.